The second-order valence-electron chi connectivity index (χ2n) is 9.80. The Kier molecular flexibility index (Phi) is 7.13. The van der Waals surface area contributed by atoms with Gasteiger partial charge in [0.15, 0.2) is 11.5 Å². The molecule has 0 aliphatic heterocycles. The van der Waals surface area contributed by atoms with E-state index in [9.17, 15) is 9.59 Å². The van der Waals surface area contributed by atoms with E-state index < -0.39 is 5.91 Å². The first-order chi connectivity index (χ1) is 20.5. The Morgan fingerprint density at radius 2 is 1.62 bits per heavy atom. The normalized spacial score (nSPS) is 11.0. The van der Waals surface area contributed by atoms with Crippen LogP contribution in [-0.4, -0.2) is 31.3 Å². The van der Waals surface area contributed by atoms with Gasteiger partial charge in [-0.05, 0) is 59.7 Å². The average Bonchev–Trinajstić information content (AvgIpc) is 3.39. The highest BCUT2D eigenvalue weighted by Crippen LogP contribution is 2.31. The number of anilines is 1. The molecule has 3 aromatic heterocycles. The Morgan fingerprint density at radius 3 is 2.38 bits per heavy atom. The second kappa shape index (κ2) is 11.3. The number of nitrogen functional groups attached to an aromatic ring is 1. The Bertz CT molecular complexity index is 1920. The van der Waals surface area contributed by atoms with Crippen LogP contribution in [0.25, 0.3) is 39.5 Å². The molecule has 0 unspecified atom stereocenters. The first-order valence-electron chi connectivity index (χ1n) is 13.4. The predicted octanol–water partition coefficient (Wildman–Crippen LogP) is 4.69. The van der Waals surface area contributed by atoms with Crippen molar-refractivity contribution in [2.24, 2.45) is 5.73 Å². The molecule has 0 radical (unpaired) electrons. The molecule has 6 aromatic rings. The van der Waals surface area contributed by atoms with Crippen molar-refractivity contribution in [1.29, 1.82) is 0 Å². The summed E-state index contributed by atoms with van der Waals surface area (Å²) in [5, 5.41) is 2.94. The average molecular weight is 554 g/mol. The number of primary amides is 1. The Balaban J connectivity index is 1.32. The molecule has 0 atom stereocenters. The number of nitrogens with two attached hydrogens (primary N) is 2. The van der Waals surface area contributed by atoms with Gasteiger partial charge in [0.25, 0.3) is 5.91 Å². The van der Waals surface area contributed by atoms with Crippen LogP contribution in [-0.2, 0) is 17.8 Å². The van der Waals surface area contributed by atoms with Crippen molar-refractivity contribution in [2.75, 3.05) is 5.73 Å². The molecular weight excluding hydrogens is 526 g/mol. The number of hydrogen-bond donors (Lipinski definition) is 3. The van der Waals surface area contributed by atoms with Crippen molar-refractivity contribution in [3.63, 3.8) is 0 Å². The Labute approximate surface area is 241 Å². The predicted molar refractivity (Wildman–Crippen MR) is 162 cm³/mol. The lowest BCUT2D eigenvalue weighted by Crippen LogP contribution is -2.23. The second-order valence-corrected chi connectivity index (χ2v) is 9.80. The molecule has 0 saturated carbocycles. The van der Waals surface area contributed by atoms with Crippen LogP contribution in [0.4, 0.5) is 5.82 Å². The van der Waals surface area contributed by atoms with Crippen molar-refractivity contribution < 1.29 is 9.59 Å². The van der Waals surface area contributed by atoms with Gasteiger partial charge in [-0.3, -0.25) is 14.2 Å². The van der Waals surface area contributed by atoms with Gasteiger partial charge in [-0.1, -0.05) is 54.6 Å². The largest absolute Gasteiger partial charge is 0.383 e. The summed E-state index contributed by atoms with van der Waals surface area (Å²) in [5.41, 5.74) is 18.4. The van der Waals surface area contributed by atoms with Crippen molar-refractivity contribution in [3.05, 3.63) is 126 Å². The van der Waals surface area contributed by atoms with Crippen LogP contribution in [0, 0.1) is 0 Å². The number of pyridine rings is 2. The molecule has 42 heavy (non-hydrogen) atoms. The van der Waals surface area contributed by atoms with Gasteiger partial charge in [-0.15, -0.1) is 0 Å². The summed E-state index contributed by atoms with van der Waals surface area (Å²) in [6, 6.07) is 32.3. The molecule has 9 heteroatoms. The topological polar surface area (TPSA) is 142 Å². The van der Waals surface area contributed by atoms with Gasteiger partial charge in [0.1, 0.15) is 11.3 Å². The molecule has 2 amide bonds. The lowest BCUT2D eigenvalue weighted by molar-refractivity contribution is -0.117. The number of carbonyl (C=O) groups is 2. The summed E-state index contributed by atoms with van der Waals surface area (Å²) in [7, 11) is 0. The van der Waals surface area contributed by atoms with Crippen LogP contribution >= 0.6 is 0 Å². The van der Waals surface area contributed by atoms with E-state index in [-0.39, 0.29) is 12.3 Å². The fourth-order valence-corrected chi connectivity index (χ4v) is 4.83. The molecule has 0 aliphatic rings. The molecule has 0 spiro atoms. The molecule has 206 valence electrons. The third kappa shape index (κ3) is 5.44. The zero-order valence-corrected chi connectivity index (χ0v) is 22.6. The minimum Gasteiger partial charge on any atom is -0.383 e. The molecule has 6 rings (SSSR count). The van der Waals surface area contributed by atoms with Crippen LogP contribution in [0.3, 0.4) is 0 Å². The number of imidazole rings is 1. The van der Waals surface area contributed by atoms with Crippen LogP contribution in [0.2, 0.25) is 0 Å². The van der Waals surface area contributed by atoms with Gasteiger partial charge < -0.3 is 16.8 Å². The van der Waals surface area contributed by atoms with Crippen molar-refractivity contribution in [1.82, 2.24) is 24.8 Å². The molecule has 0 aliphatic carbocycles. The highest BCUT2D eigenvalue weighted by atomic mass is 16.2. The summed E-state index contributed by atoms with van der Waals surface area (Å²) >= 11 is 0. The minimum absolute atomic E-state index is 0.0832. The summed E-state index contributed by atoms with van der Waals surface area (Å²) in [4.78, 5) is 38.2. The SMILES string of the molecule is NC(=O)Cc1cccc(C(=O)NCc2ccc(-n3c(-c4cccnc4N)nc4ccc(-c5ccccc5)nc43)cc2)c1. The molecular formula is C33H27N7O2. The first kappa shape index (κ1) is 26.4. The quantitative estimate of drug-likeness (QED) is 0.250. The van der Waals surface area contributed by atoms with E-state index in [4.69, 9.17) is 21.4 Å². The monoisotopic (exact) mass is 553 g/mol. The third-order valence-corrected chi connectivity index (χ3v) is 6.87. The minimum atomic E-state index is -0.445. The Morgan fingerprint density at radius 1 is 0.810 bits per heavy atom. The number of fused-ring (bicyclic) bond motifs is 1. The van der Waals surface area contributed by atoms with E-state index in [2.05, 4.69) is 10.3 Å². The Hall–Kier alpha value is -5.83. The first-order valence-corrected chi connectivity index (χ1v) is 13.4. The zero-order chi connectivity index (χ0) is 29.1. The van der Waals surface area contributed by atoms with E-state index >= 15 is 0 Å². The van der Waals surface area contributed by atoms with Crippen LogP contribution in [0.1, 0.15) is 21.5 Å². The number of aromatic nitrogens is 4. The van der Waals surface area contributed by atoms with Crippen LogP contribution in [0.5, 0.6) is 0 Å². The maximum Gasteiger partial charge on any atom is 0.251 e. The summed E-state index contributed by atoms with van der Waals surface area (Å²) in [6.07, 6.45) is 1.73. The summed E-state index contributed by atoms with van der Waals surface area (Å²) in [6.45, 7) is 0.322. The van der Waals surface area contributed by atoms with Crippen molar-refractivity contribution in [2.45, 2.75) is 13.0 Å². The molecule has 3 heterocycles. The summed E-state index contributed by atoms with van der Waals surface area (Å²) in [5.74, 6) is 0.318. The van der Waals surface area contributed by atoms with E-state index in [0.29, 0.717) is 40.5 Å². The van der Waals surface area contributed by atoms with Gasteiger partial charge in [-0.25, -0.2) is 15.0 Å². The number of hydrogen-bond acceptors (Lipinski definition) is 6. The van der Waals surface area contributed by atoms with Gasteiger partial charge in [0, 0.05) is 29.6 Å². The van der Waals surface area contributed by atoms with Crippen molar-refractivity contribution in [3.8, 4) is 28.3 Å². The standard InChI is InChI=1S/C33H27N7O2/c34-29(41)19-22-6-4-9-24(18-22)33(42)37-20-21-11-13-25(14-12-21)40-31(26-10-5-17-36-30(26)35)39-28-16-15-27(38-32(28)40)23-7-2-1-3-8-23/h1-18H,19-20H2,(H2,34,41)(H2,35,36)(H,37,42). The van der Waals surface area contributed by atoms with E-state index in [0.717, 1.165) is 28.0 Å². The number of nitrogens with zero attached hydrogens (tertiary/aromatic N) is 4. The molecule has 3 aromatic carbocycles. The van der Waals surface area contributed by atoms with Crippen molar-refractivity contribution >= 4 is 28.8 Å². The highest BCUT2D eigenvalue weighted by molar-refractivity contribution is 5.94. The van der Waals surface area contributed by atoms with E-state index in [1.807, 2.05) is 83.4 Å². The van der Waals surface area contributed by atoms with Gasteiger partial charge >= 0.3 is 0 Å². The van der Waals surface area contributed by atoms with Crippen LogP contribution < -0.4 is 16.8 Å². The maximum atomic E-state index is 12.8. The third-order valence-electron chi connectivity index (χ3n) is 6.87. The lowest BCUT2D eigenvalue weighted by atomic mass is 10.1. The number of nitrogens with one attached hydrogen (secondary N) is 1. The van der Waals surface area contributed by atoms with E-state index in [1.54, 1.807) is 30.5 Å². The van der Waals surface area contributed by atoms with Gasteiger partial charge in [0.05, 0.1) is 17.7 Å². The van der Waals surface area contributed by atoms with Gasteiger partial charge in [0.2, 0.25) is 5.91 Å². The number of carbonyl (C=O) groups excluding carboxylic acids is 2. The van der Waals surface area contributed by atoms with Crippen LogP contribution in [0.15, 0.2) is 109 Å². The molecule has 0 bridgehead atoms. The van der Waals surface area contributed by atoms with E-state index in [1.165, 1.54) is 0 Å². The molecule has 0 fully saturated rings. The fraction of sp³-hybridized carbons (Fsp3) is 0.0606. The zero-order valence-electron chi connectivity index (χ0n) is 22.6. The molecule has 0 saturated heterocycles. The molecule has 5 N–H and O–H groups in total. The number of rotatable bonds is 8. The smallest absolute Gasteiger partial charge is 0.251 e. The molecule has 9 nitrogen and oxygen atoms in total. The number of amides is 2. The highest BCUT2D eigenvalue weighted by Gasteiger charge is 2.19. The van der Waals surface area contributed by atoms with Gasteiger partial charge in [-0.2, -0.15) is 0 Å². The summed E-state index contributed by atoms with van der Waals surface area (Å²) < 4.78 is 1.97. The lowest BCUT2D eigenvalue weighted by Gasteiger charge is -2.12. The fourth-order valence-electron chi connectivity index (χ4n) is 4.83. The number of benzene rings is 3. The maximum absolute atomic E-state index is 12.8.